The molecule has 0 heterocycles. The van der Waals surface area contributed by atoms with Crippen LogP contribution in [0, 0.1) is 13.8 Å². The number of nitrogens with one attached hydrogen (secondary N) is 1. The summed E-state index contributed by atoms with van der Waals surface area (Å²) in [6.07, 6.45) is 1.32. The van der Waals surface area contributed by atoms with E-state index in [1.165, 1.54) is 5.56 Å². The number of benzene rings is 3. The number of esters is 1. The van der Waals surface area contributed by atoms with E-state index in [9.17, 15) is 9.59 Å². The lowest BCUT2D eigenvalue weighted by Crippen LogP contribution is -2.28. The first-order chi connectivity index (χ1) is 15.4. The molecule has 1 N–H and O–H groups in total. The van der Waals surface area contributed by atoms with Gasteiger partial charge < -0.3 is 14.8 Å². The number of hydrogen-bond donors (Lipinski definition) is 1. The second kappa shape index (κ2) is 10.6. The molecule has 0 aliphatic heterocycles. The van der Waals surface area contributed by atoms with Crippen molar-refractivity contribution in [3.8, 4) is 11.5 Å². The molecule has 0 aliphatic carbocycles. The average Bonchev–Trinajstić information content (AvgIpc) is 2.77. The predicted octanol–water partition coefficient (Wildman–Crippen LogP) is 5.88. The molecular formula is C27H29NO4. The monoisotopic (exact) mass is 431 g/mol. The molecule has 1 atom stereocenters. The van der Waals surface area contributed by atoms with E-state index in [0.717, 1.165) is 29.7 Å². The topological polar surface area (TPSA) is 64.6 Å². The zero-order valence-corrected chi connectivity index (χ0v) is 19.0. The number of amides is 1. The van der Waals surface area contributed by atoms with Gasteiger partial charge in [0.15, 0.2) is 6.10 Å². The first-order valence-corrected chi connectivity index (χ1v) is 10.8. The molecule has 0 spiro atoms. The molecule has 3 aromatic carbocycles. The lowest BCUT2D eigenvalue weighted by atomic mass is 10.1. The first-order valence-electron chi connectivity index (χ1n) is 10.8. The van der Waals surface area contributed by atoms with Gasteiger partial charge in [0.1, 0.15) is 11.5 Å². The molecule has 0 bridgehead atoms. The maximum atomic E-state index is 12.5. The predicted molar refractivity (Wildman–Crippen MR) is 126 cm³/mol. The van der Waals surface area contributed by atoms with Crippen LogP contribution in [0.5, 0.6) is 11.5 Å². The molecule has 0 aromatic heterocycles. The standard InChI is InChI=1S/C27H29NO4/c1-5-6-21-8-12-23(13-9-21)31-20(4)27(30)32-24-14-10-22(11-15-24)26(29)28-25-16-7-18(2)17-19(25)3/h7-17,20H,5-6H2,1-4H3,(H,28,29). The summed E-state index contributed by atoms with van der Waals surface area (Å²) in [5.41, 5.74) is 4.61. The Morgan fingerprint density at radius 2 is 1.56 bits per heavy atom. The lowest BCUT2D eigenvalue weighted by molar-refractivity contribution is -0.141. The number of carbonyl (C=O) groups is 2. The van der Waals surface area contributed by atoms with E-state index in [4.69, 9.17) is 9.47 Å². The molecule has 3 rings (SSSR count). The first kappa shape index (κ1) is 23.1. The fourth-order valence-electron chi connectivity index (χ4n) is 3.30. The van der Waals surface area contributed by atoms with Crippen molar-refractivity contribution in [1.82, 2.24) is 0 Å². The van der Waals surface area contributed by atoms with Gasteiger partial charge in [-0.3, -0.25) is 4.79 Å². The van der Waals surface area contributed by atoms with E-state index < -0.39 is 12.1 Å². The minimum Gasteiger partial charge on any atom is -0.479 e. The molecule has 5 heteroatoms. The third-order valence-electron chi connectivity index (χ3n) is 5.07. The Kier molecular flexibility index (Phi) is 7.66. The summed E-state index contributed by atoms with van der Waals surface area (Å²) in [6.45, 7) is 7.74. The van der Waals surface area contributed by atoms with E-state index in [0.29, 0.717) is 17.1 Å². The Morgan fingerprint density at radius 1 is 0.906 bits per heavy atom. The molecule has 1 unspecified atom stereocenters. The minimum absolute atomic E-state index is 0.224. The molecule has 0 saturated carbocycles. The molecule has 0 radical (unpaired) electrons. The van der Waals surface area contributed by atoms with E-state index in [2.05, 4.69) is 12.2 Å². The SMILES string of the molecule is CCCc1ccc(OC(C)C(=O)Oc2ccc(C(=O)Nc3ccc(C)cc3C)cc2)cc1. The van der Waals surface area contributed by atoms with Crippen molar-refractivity contribution < 1.29 is 19.1 Å². The van der Waals surface area contributed by atoms with Crippen molar-refractivity contribution in [3.05, 3.63) is 89.0 Å². The van der Waals surface area contributed by atoms with Crippen LogP contribution in [0.2, 0.25) is 0 Å². The van der Waals surface area contributed by atoms with Gasteiger partial charge in [-0.05, 0) is 80.8 Å². The molecule has 1 amide bonds. The van der Waals surface area contributed by atoms with Crippen molar-refractivity contribution in [3.63, 3.8) is 0 Å². The Morgan fingerprint density at radius 3 is 2.19 bits per heavy atom. The minimum atomic E-state index is -0.764. The third kappa shape index (κ3) is 6.20. The van der Waals surface area contributed by atoms with Crippen LogP contribution in [0.1, 0.15) is 47.3 Å². The zero-order chi connectivity index (χ0) is 23.1. The van der Waals surface area contributed by atoms with E-state index in [-0.39, 0.29) is 5.91 Å². The number of carbonyl (C=O) groups excluding carboxylic acids is 2. The van der Waals surface area contributed by atoms with Gasteiger partial charge in [0.25, 0.3) is 5.91 Å². The molecule has 5 nitrogen and oxygen atoms in total. The van der Waals surface area contributed by atoms with Crippen molar-refractivity contribution in [2.24, 2.45) is 0 Å². The summed E-state index contributed by atoms with van der Waals surface area (Å²) in [7, 11) is 0. The van der Waals surface area contributed by atoms with Crippen LogP contribution < -0.4 is 14.8 Å². The van der Waals surface area contributed by atoms with Gasteiger partial charge in [-0.25, -0.2) is 4.79 Å². The summed E-state index contributed by atoms with van der Waals surface area (Å²) < 4.78 is 11.1. The Bertz CT molecular complexity index is 1070. The fourth-order valence-corrected chi connectivity index (χ4v) is 3.30. The molecule has 3 aromatic rings. The van der Waals surface area contributed by atoms with Crippen molar-refractivity contribution in [1.29, 1.82) is 0 Å². The van der Waals surface area contributed by atoms with Crippen LogP contribution in [0.15, 0.2) is 66.7 Å². The summed E-state index contributed by atoms with van der Waals surface area (Å²) in [5, 5.41) is 2.90. The highest BCUT2D eigenvalue weighted by Gasteiger charge is 2.18. The van der Waals surface area contributed by atoms with E-state index >= 15 is 0 Å². The fraction of sp³-hybridized carbons (Fsp3) is 0.259. The second-order valence-electron chi connectivity index (χ2n) is 7.87. The highest BCUT2D eigenvalue weighted by molar-refractivity contribution is 6.04. The second-order valence-corrected chi connectivity index (χ2v) is 7.87. The zero-order valence-electron chi connectivity index (χ0n) is 19.0. The number of ether oxygens (including phenoxy) is 2. The summed E-state index contributed by atoms with van der Waals surface area (Å²) in [5.74, 6) is 0.243. The summed E-state index contributed by atoms with van der Waals surface area (Å²) >= 11 is 0. The van der Waals surface area contributed by atoms with Gasteiger partial charge in [-0.2, -0.15) is 0 Å². The number of rotatable bonds is 8. The van der Waals surface area contributed by atoms with E-state index in [1.54, 1.807) is 31.2 Å². The van der Waals surface area contributed by atoms with Crippen LogP contribution in [0.3, 0.4) is 0 Å². The van der Waals surface area contributed by atoms with Crippen LogP contribution in [-0.2, 0) is 11.2 Å². The van der Waals surface area contributed by atoms with Crippen molar-refractivity contribution in [2.75, 3.05) is 5.32 Å². The molecule has 0 aliphatic rings. The summed E-state index contributed by atoms with van der Waals surface area (Å²) in [4.78, 5) is 24.9. The Hall–Kier alpha value is -3.60. The highest BCUT2D eigenvalue weighted by Crippen LogP contribution is 2.20. The Labute approximate surface area is 189 Å². The third-order valence-corrected chi connectivity index (χ3v) is 5.07. The van der Waals surface area contributed by atoms with Crippen LogP contribution in [-0.4, -0.2) is 18.0 Å². The molecule has 0 fully saturated rings. The maximum absolute atomic E-state index is 12.5. The number of anilines is 1. The van der Waals surface area contributed by atoms with Crippen molar-refractivity contribution in [2.45, 2.75) is 46.6 Å². The van der Waals surface area contributed by atoms with E-state index in [1.807, 2.05) is 56.3 Å². The normalized spacial score (nSPS) is 11.5. The Balaban J connectivity index is 1.55. The summed E-state index contributed by atoms with van der Waals surface area (Å²) in [6, 6.07) is 20.0. The van der Waals surface area contributed by atoms with Gasteiger partial charge in [0.05, 0.1) is 0 Å². The van der Waals surface area contributed by atoms with Gasteiger partial charge in [-0.15, -0.1) is 0 Å². The van der Waals surface area contributed by atoms with Crippen molar-refractivity contribution >= 4 is 17.6 Å². The molecular weight excluding hydrogens is 402 g/mol. The lowest BCUT2D eigenvalue weighted by Gasteiger charge is -2.14. The average molecular weight is 432 g/mol. The quantitative estimate of drug-likeness (QED) is 0.357. The van der Waals surface area contributed by atoms with Crippen LogP contribution in [0.25, 0.3) is 0 Å². The molecule has 166 valence electrons. The number of hydrogen-bond acceptors (Lipinski definition) is 4. The smallest absolute Gasteiger partial charge is 0.352 e. The maximum Gasteiger partial charge on any atom is 0.352 e. The molecule has 0 saturated heterocycles. The van der Waals surface area contributed by atoms with Crippen LogP contribution >= 0.6 is 0 Å². The largest absolute Gasteiger partial charge is 0.479 e. The number of aryl methyl sites for hydroxylation is 3. The molecule has 32 heavy (non-hydrogen) atoms. The van der Waals surface area contributed by atoms with Gasteiger partial charge in [-0.1, -0.05) is 43.2 Å². The van der Waals surface area contributed by atoms with Gasteiger partial charge >= 0.3 is 5.97 Å². The van der Waals surface area contributed by atoms with Crippen LogP contribution in [0.4, 0.5) is 5.69 Å². The highest BCUT2D eigenvalue weighted by atomic mass is 16.6. The van der Waals surface area contributed by atoms with Gasteiger partial charge in [0.2, 0.25) is 0 Å². The van der Waals surface area contributed by atoms with Gasteiger partial charge in [0, 0.05) is 11.3 Å².